The number of aryl methyl sites for hydroxylation is 1. The minimum Gasteiger partial charge on any atom is -0.465 e. The van der Waals surface area contributed by atoms with Crippen molar-refractivity contribution in [2.45, 2.75) is 32.4 Å². The number of ether oxygens (including phenoxy) is 1. The summed E-state index contributed by atoms with van der Waals surface area (Å²) in [6.07, 6.45) is 1.44. The summed E-state index contributed by atoms with van der Waals surface area (Å²) in [6, 6.07) is 4.20. The molecular formula is C14H24N2O2. The van der Waals surface area contributed by atoms with E-state index >= 15 is 0 Å². The van der Waals surface area contributed by atoms with Gasteiger partial charge in [-0.2, -0.15) is 0 Å². The molecule has 3 unspecified atom stereocenters. The lowest BCUT2D eigenvalue weighted by atomic mass is 9.94. The molecule has 2 heterocycles. The van der Waals surface area contributed by atoms with E-state index < -0.39 is 0 Å². The van der Waals surface area contributed by atoms with Gasteiger partial charge in [0.1, 0.15) is 11.5 Å². The molecule has 1 aliphatic heterocycles. The minimum atomic E-state index is 0.170. The van der Waals surface area contributed by atoms with Crippen LogP contribution < -0.4 is 5.73 Å². The second kappa shape index (κ2) is 5.87. The van der Waals surface area contributed by atoms with E-state index in [4.69, 9.17) is 14.9 Å². The van der Waals surface area contributed by atoms with E-state index in [-0.39, 0.29) is 6.04 Å². The van der Waals surface area contributed by atoms with Crippen molar-refractivity contribution in [3.8, 4) is 0 Å². The molecule has 0 amide bonds. The Hall–Kier alpha value is -0.840. The Balaban J connectivity index is 2.09. The Morgan fingerprint density at radius 1 is 1.56 bits per heavy atom. The number of nitrogens with zero attached hydrogens (tertiary/aromatic N) is 1. The third kappa shape index (κ3) is 2.76. The van der Waals surface area contributed by atoms with Gasteiger partial charge in [0.2, 0.25) is 0 Å². The summed E-state index contributed by atoms with van der Waals surface area (Å²) in [7, 11) is 1.79. The molecule has 0 radical (unpaired) electrons. The molecule has 1 fully saturated rings. The molecule has 0 spiro atoms. The zero-order chi connectivity index (χ0) is 13.1. The second-order valence-corrected chi connectivity index (χ2v) is 5.23. The van der Waals surface area contributed by atoms with Gasteiger partial charge in [-0.05, 0) is 37.9 Å². The van der Waals surface area contributed by atoms with Crippen LogP contribution in [-0.4, -0.2) is 37.7 Å². The maximum atomic E-state index is 5.92. The van der Waals surface area contributed by atoms with E-state index in [0.717, 1.165) is 31.0 Å². The summed E-state index contributed by atoms with van der Waals surface area (Å²) >= 11 is 0. The quantitative estimate of drug-likeness (QED) is 0.890. The molecular weight excluding hydrogens is 228 g/mol. The van der Waals surface area contributed by atoms with Gasteiger partial charge in [0.15, 0.2) is 0 Å². The first-order chi connectivity index (χ1) is 8.65. The summed E-state index contributed by atoms with van der Waals surface area (Å²) < 4.78 is 11.3. The van der Waals surface area contributed by atoms with E-state index in [2.05, 4.69) is 11.8 Å². The number of nitrogens with two attached hydrogens (primary N) is 1. The Bertz CT molecular complexity index is 378. The van der Waals surface area contributed by atoms with Crippen LogP contribution in [0.15, 0.2) is 16.5 Å². The molecule has 2 N–H and O–H groups in total. The van der Waals surface area contributed by atoms with Gasteiger partial charge >= 0.3 is 0 Å². The van der Waals surface area contributed by atoms with E-state index in [1.54, 1.807) is 7.11 Å². The molecule has 102 valence electrons. The van der Waals surface area contributed by atoms with Gasteiger partial charge in [-0.1, -0.05) is 6.92 Å². The number of piperidine rings is 1. The van der Waals surface area contributed by atoms with Crippen LogP contribution in [0.4, 0.5) is 0 Å². The summed E-state index contributed by atoms with van der Waals surface area (Å²) in [5, 5.41) is 0. The van der Waals surface area contributed by atoms with Gasteiger partial charge in [-0.3, -0.25) is 4.90 Å². The normalized spacial score (nSPS) is 27.3. The van der Waals surface area contributed by atoms with Crippen LogP contribution in [0.2, 0.25) is 0 Å². The van der Waals surface area contributed by atoms with Gasteiger partial charge in [0.05, 0.1) is 12.1 Å². The summed E-state index contributed by atoms with van der Waals surface area (Å²) in [6.45, 7) is 6.78. The first kappa shape index (κ1) is 13.6. The van der Waals surface area contributed by atoms with E-state index in [1.807, 2.05) is 19.1 Å². The highest BCUT2D eigenvalue weighted by Gasteiger charge is 2.31. The first-order valence-corrected chi connectivity index (χ1v) is 6.69. The maximum absolute atomic E-state index is 5.92. The molecule has 1 saturated heterocycles. The van der Waals surface area contributed by atoms with Crippen molar-refractivity contribution in [1.29, 1.82) is 0 Å². The fourth-order valence-electron chi connectivity index (χ4n) is 2.73. The summed E-state index contributed by atoms with van der Waals surface area (Å²) in [4.78, 5) is 2.38. The van der Waals surface area contributed by atoms with Crippen LogP contribution in [0.1, 0.15) is 30.9 Å². The van der Waals surface area contributed by atoms with Crippen LogP contribution in [-0.2, 0) is 4.74 Å². The van der Waals surface area contributed by atoms with Gasteiger partial charge in [0.25, 0.3) is 0 Å². The molecule has 1 aromatic rings. The highest BCUT2D eigenvalue weighted by molar-refractivity contribution is 5.11. The van der Waals surface area contributed by atoms with Gasteiger partial charge < -0.3 is 14.9 Å². The zero-order valence-electron chi connectivity index (χ0n) is 11.6. The van der Waals surface area contributed by atoms with E-state index in [9.17, 15) is 0 Å². The van der Waals surface area contributed by atoms with Gasteiger partial charge in [-0.15, -0.1) is 0 Å². The first-order valence-electron chi connectivity index (χ1n) is 6.69. The number of likely N-dealkylation sites (tertiary alicyclic amines) is 1. The van der Waals surface area contributed by atoms with Crippen LogP contribution in [0, 0.1) is 12.8 Å². The summed E-state index contributed by atoms with van der Waals surface area (Å²) in [5.41, 5.74) is 5.92. The Kier molecular flexibility index (Phi) is 4.43. The SMILES string of the molecule is COC1CN(C(CN)c2ccc(C)o2)CCC1C. The third-order valence-corrected chi connectivity index (χ3v) is 3.98. The monoisotopic (exact) mass is 252 g/mol. The molecule has 1 aliphatic rings. The Morgan fingerprint density at radius 3 is 2.89 bits per heavy atom. The lowest BCUT2D eigenvalue weighted by Gasteiger charge is -2.39. The topological polar surface area (TPSA) is 51.6 Å². The lowest BCUT2D eigenvalue weighted by Crippen LogP contribution is -2.47. The summed E-state index contributed by atoms with van der Waals surface area (Å²) in [5.74, 6) is 2.53. The molecule has 4 heteroatoms. The molecule has 0 aromatic carbocycles. The average Bonchev–Trinajstić information content (AvgIpc) is 2.79. The number of hydrogen-bond acceptors (Lipinski definition) is 4. The van der Waals surface area contributed by atoms with Crippen molar-refractivity contribution in [2.75, 3.05) is 26.7 Å². The standard InChI is InChI=1S/C14H24N2O2/c1-10-6-7-16(9-14(10)17-3)12(8-15)13-5-4-11(2)18-13/h4-5,10,12,14H,6-9,15H2,1-3H3. The minimum absolute atomic E-state index is 0.170. The van der Waals surface area contributed by atoms with Crippen LogP contribution in [0.25, 0.3) is 0 Å². The predicted molar refractivity (Wildman–Crippen MR) is 71.4 cm³/mol. The molecule has 0 saturated carbocycles. The van der Waals surface area contributed by atoms with Crippen molar-refractivity contribution >= 4 is 0 Å². The second-order valence-electron chi connectivity index (χ2n) is 5.23. The van der Waals surface area contributed by atoms with Crippen molar-refractivity contribution in [3.63, 3.8) is 0 Å². The largest absolute Gasteiger partial charge is 0.465 e. The van der Waals surface area contributed by atoms with Gasteiger partial charge in [0, 0.05) is 20.2 Å². The molecule has 4 nitrogen and oxygen atoms in total. The Labute approximate surface area is 109 Å². The van der Waals surface area contributed by atoms with E-state index in [1.165, 1.54) is 0 Å². The molecule has 2 rings (SSSR count). The number of methoxy groups -OCH3 is 1. The van der Waals surface area contributed by atoms with Crippen LogP contribution >= 0.6 is 0 Å². The third-order valence-electron chi connectivity index (χ3n) is 3.98. The lowest BCUT2D eigenvalue weighted by molar-refractivity contribution is -0.0211. The molecule has 3 atom stereocenters. The fourth-order valence-corrected chi connectivity index (χ4v) is 2.73. The van der Waals surface area contributed by atoms with Crippen molar-refractivity contribution in [3.05, 3.63) is 23.7 Å². The molecule has 1 aromatic heterocycles. The highest BCUT2D eigenvalue weighted by atomic mass is 16.5. The van der Waals surface area contributed by atoms with Crippen LogP contribution in [0.3, 0.4) is 0 Å². The smallest absolute Gasteiger partial charge is 0.122 e. The van der Waals surface area contributed by atoms with E-state index in [0.29, 0.717) is 18.6 Å². The molecule has 18 heavy (non-hydrogen) atoms. The van der Waals surface area contributed by atoms with Crippen molar-refractivity contribution in [2.24, 2.45) is 11.7 Å². The number of furan rings is 1. The Morgan fingerprint density at radius 2 is 2.33 bits per heavy atom. The average molecular weight is 252 g/mol. The van der Waals surface area contributed by atoms with Gasteiger partial charge in [-0.25, -0.2) is 0 Å². The number of hydrogen-bond donors (Lipinski definition) is 1. The highest BCUT2D eigenvalue weighted by Crippen LogP contribution is 2.28. The molecule has 0 bridgehead atoms. The number of rotatable bonds is 4. The van der Waals surface area contributed by atoms with Crippen LogP contribution in [0.5, 0.6) is 0 Å². The fraction of sp³-hybridized carbons (Fsp3) is 0.714. The predicted octanol–water partition coefficient (Wildman–Crippen LogP) is 1.94. The van der Waals surface area contributed by atoms with Crippen molar-refractivity contribution in [1.82, 2.24) is 4.90 Å². The maximum Gasteiger partial charge on any atom is 0.122 e. The molecule has 0 aliphatic carbocycles. The zero-order valence-corrected chi connectivity index (χ0v) is 11.6. The van der Waals surface area contributed by atoms with Crippen molar-refractivity contribution < 1.29 is 9.15 Å².